The van der Waals surface area contributed by atoms with Gasteiger partial charge in [-0.2, -0.15) is 0 Å². The van der Waals surface area contributed by atoms with E-state index in [1.165, 1.54) is 0 Å². The SMILES string of the molecule is CC(C)(CN)c1ccc2cc(O)c(O)cc2c1.Cc1ccc(C(=O)O)cc1.Cc1ccc(C(=O)O)cc1.Cl. The monoisotopic (exact) mass is 539 g/mol. The van der Waals surface area contributed by atoms with Crippen LogP contribution in [0.5, 0.6) is 11.5 Å². The molecule has 0 fully saturated rings. The summed E-state index contributed by atoms with van der Waals surface area (Å²) in [6.45, 7) is 8.56. The highest BCUT2D eigenvalue weighted by atomic mass is 35.5. The fraction of sp³-hybridized carbons (Fsp3) is 0.200. The van der Waals surface area contributed by atoms with Crippen molar-refractivity contribution in [2.24, 2.45) is 5.73 Å². The zero-order chi connectivity index (χ0) is 27.8. The molecule has 202 valence electrons. The Labute approximate surface area is 228 Å². The number of fused-ring (bicyclic) bond motifs is 1. The Morgan fingerprint density at radius 2 is 1.08 bits per heavy atom. The normalized spacial score (nSPS) is 10.2. The smallest absolute Gasteiger partial charge is 0.335 e. The van der Waals surface area contributed by atoms with E-state index >= 15 is 0 Å². The van der Waals surface area contributed by atoms with Gasteiger partial charge < -0.3 is 26.2 Å². The summed E-state index contributed by atoms with van der Waals surface area (Å²) in [5.41, 5.74) is 9.60. The second-order valence-corrected chi connectivity index (χ2v) is 9.33. The van der Waals surface area contributed by atoms with Crippen molar-refractivity contribution < 1.29 is 30.0 Å². The topological polar surface area (TPSA) is 141 Å². The van der Waals surface area contributed by atoms with Gasteiger partial charge in [-0.05, 0) is 66.6 Å². The standard InChI is InChI=1S/C14H17NO2.2C8H8O2.ClH/c1-14(2,8-15)11-4-3-9-6-12(16)13(17)7-10(9)5-11;2*1-6-2-4-7(5-3-6)8(9)10;/h3-7,16-17H,8,15H2,1-2H3;2*2-5H,1H3,(H,9,10);1H. The van der Waals surface area contributed by atoms with E-state index in [2.05, 4.69) is 13.8 Å². The number of carboxylic acid groups (broad SMARTS) is 2. The molecule has 0 saturated heterocycles. The number of phenols is 2. The number of phenolic OH excluding ortho intramolecular Hbond substituents is 2. The van der Waals surface area contributed by atoms with Crippen molar-refractivity contribution in [3.63, 3.8) is 0 Å². The molecule has 0 aliphatic heterocycles. The Hall–Kier alpha value is -4.07. The van der Waals surface area contributed by atoms with E-state index in [1.54, 1.807) is 60.7 Å². The van der Waals surface area contributed by atoms with Crippen LogP contribution in [0.1, 0.15) is 51.3 Å². The highest BCUT2D eigenvalue weighted by molar-refractivity contribution is 5.88. The lowest BCUT2D eigenvalue weighted by molar-refractivity contribution is 0.0686. The van der Waals surface area contributed by atoms with Crippen molar-refractivity contribution >= 4 is 35.1 Å². The van der Waals surface area contributed by atoms with Gasteiger partial charge in [-0.15, -0.1) is 12.4 Å². The van der Waals surface area contributed by atoms with Gasteiger partial charge in [0.15, 0.2) is 11.5 Å². The van der Waals surface area contributed by atoms with E-state index in [1.807, 2.05) is 32.0 Å². The molecule has 0 radical (unpaired) electrons. The van der Waals surface area contributed by atoms with E-state index in [-0.39, 0.29) is 29.3 Å². The third-order valence-electron chi connectivity index (χ3n) is 5.82. The Kier molecular flexibility index (Phi) is 11.8. The van der Waals surface area contributed by atoms with Crippen LogP contribution >= 0.6 is 12.4 Å². The summed E-state index contributed by atoms with van der Waals surface area (Å²) in [4.78, 5) is 20.6. The van der Waals surface area contributed by atoms with Crippen LogP contribution in [0.2, 0.25) is 0 Å². The van der Waals surface area contributed by atoms with Crippen LogP contribution in [0.25, 0.3) is 10.8 Å². The number of carbonyl (C=O) groups is 2. The number of aryl methyl sites for hydroxylation is 2. The number of benzene rings is 4. The van der Waals surface area contributed by atoms with Crippen LogP contribution in [0.15, 0.2) is 78.9 Å². The van der Waals surface area contributed by atoms with Gasteiger partial charge >= 0.3 is 11.9 Å². The number of nitrogens with two attached hydrogens (primary N) is 1. The van der Waals surface area contributed by atoms with Crippen LogP contribution in [-0.2, 0) is 5.41 Å². The van der Waals surface area contributed by atoms with Gasteiger partial charge in [0, 0.05) is 12.0 Å². The summed E-state index contributed by atoms with van der Waals surface area (Å²) in [5, 5.41) is 37.7. The van der Waals surface area contributed by atoms with Crippen molar-refractivity contribution in [2.45, 2.75) is 33.1 Å². The van der Waals surface area contributed by atoms with Crippen LogP contribution in [0, 0.1) is 13.8 Å². The first-order chi connectivity index (χ1) is 17.3. The van der Waals surface area contributed by atoms with Crippen molar-refractivity contribution in [3.8, 4) is 11.5 Å². The number of aromatic carboxylic acids is 2. The minimum absolute atomic E-state index is 0. The van der Waals surface area contributed by atoms with Gasteiger partial charge in [0.25, 0.3) is 0 Å². The fourth-order valence-electron chi connectivity index (χ4n) is 3.20. The second kappa shape index (κ2) is 14.0. The molecule has 38 heavy (non-hydrogen) atoms. The number of halogens is 1. The number of aromatic hydroxyl groups is 2. The minimum atomic E-state index is -0.875. The summed E-state index contributed by atoms with van der Waals surface area (Å²) in [7, 11) is 0. The van der Waals surface area contributed by atoms with Crippen LogP contribution < -0.4 is 5.73 Å². The molecule has 0 aliphatic carbocycles. The van der Waals surface area contributed by atoms with Gasteiger partial charge in [-0.25, -0.2) is 9.59 Å². The molecular formula is C30H34ClNO6. The first-order valence-corrected chi connectivity index (χ1v) is 11.6. The molecule has 0 spiro atoms. The van der Waals surface area contributed by atoms with E-state index < -0.39 is 11.9 Å². The average molecular weight is 540 g/mol. The second-order valence-electron chi connectivity index (χ2n) is 9.33. The summed E-state index contributed by atoms with van der Waals surface area (Å²) >= 11 is 0. The molecule has 4 aromatic rings. The Morgan fingerprint density at radius 3 is 1.45 bits per heavy atom. The number of hydrogen-bond acceptors (Lipinski definition) is 5. The van der Waals surface area contributed by atoms with Crippen LogP contribution in [-0.4, -0.2) is 38.9 Å². The predicted molar refractivity (Wildman–Crippen MR) is 153 cm³/mol. The lowest BCUT2D eigenvalue weighted by atomic mass is 9.84. The van der Waals surface area contributed by atoms with E-state index in [4.69, 9.17) is 15.9 Å². The van der Waals surface area contributed by atoms with Crippen LogP contribution in [0.3, 0.4) is 0 Å². The maximum atomic E-state index is 10.3. The highest BCUT2D eigenvalue weighted by Gasteiger charge is 2.18. The Morgan fingerprint density at radius 1 is 0.684 bits per heavy atom. The number of carboxylic acids is 2. The molecule has 0 bridgehead atoms. The van der Waals surface area contributed by atoms with E-state index in [0.717, 1.165) is 27.5 Å². The number of rotatable bonds is 4. The summed E-state index contributed by atoms with van der Waals surface area (Å²) in [5.74, 6) is -1.94. The van der Waals surface area contributed by atoms with Crippen molar-refractivity contribution in [3.05, 3.63) is 107 Å². The molecule has 0 amide bonds. The molecule has 4 rings (SSSR count). The molecule has 8 heteroatoms. The third-order valence-corrected chi connectivity index (χ3v) is 5.82. The summed E-state index contributed by atoms with van der Waals surface area (Å²) in [6, 6.07) is 22.6. The highest BCUT2D eigenvalue weighted by Crippen LogP contribution is 2.32. The molecule has 0 aromatic heterocycles. The lowest BCUT2D eigenvalue weighted by Crippen LogP contribution is -2.27. The Balaban J connectivity index is 0.000000299. The van der Waals surface area contributed by atoms with Gasteiger partial charge in [-0.1, -0.05) is 67.4 Å². The van der Waals surface area contributed by atoms with E-state index in [0.29, 0.717) is 17.7 Å². The largest absolute Gasteiger partial charge is 0.504 e. The molecule has 0 aliphatic rings. The van der Waals surface area contributed by atoms with Gasteiger partial charge in [-0.3, -0.25) is 0 Å². The van der Waals surface area contributed by atoms with Crippen LogP contribution in [0.4, 0.5) is 0 Å². The molecular weight excluding hydrogens is 506 g/mol. The third kappa shape index (κ3) is 9.10. The maximum Gasteiger partial charge on any atom is 0.335 e. The van der Waals surface area contributed by atoms with Gasteiger partial charge in [0.2, 0.25) is 0 Å². The van der Waals surface area contributed by atoms with Gasteiger partial charge in [0.1, 0.15) is 0 Å². The zero-order valence-electron chi connectivity index (χ0n) is 21.8. The molecule has 0 atom stereocenters. The van der Waals surface area contributed by atoms with Crippen molar-refractivity contribution in [1.29, 1.82) is 0 Å². The molecule has 4 aromatic carbocycles. The fourth-order valence-corrected chi connectivity index (χ4v) is 3.20. The van der Waals surface area contributed by atoms with Crippen molar-refractivity contribution in [1.82, 2.24) is 0 Å². The number of hydrogen-bond donors (Lipinski definition) is 5. The Bertz CT molecular complexity index is 1310. The zero-order valence-corrected chi connectivity index (χ0v) is 22.6. The summed E-state index contributed by atoms with van der Waals surface area (Å²) in [6.07, 6.45) is 0. The first-order valence-electron chi connectivity index (χ1n) is 11.6. The predicted octanol–water partition coefficient (Wildman–Crippen LogP) is 6.30. The van der Waals surface area contributed by atoms with Gasteiger partial charge in [0.05, 0.1) is 11.1 Å². The molecule has 7 nitrogen and oxygen atoms in total. The molecule has 6 N–H and O–H groups in total. The average Bonchev–Trinajstić information content (AvgIpc) is 2.86. The molecule has 0 unspecified atom stereocenters. The first kappa shape index (κ1) is 32.0. The lowest BCUT2D eigenvalue weighted by Gasteiger charge is -2.23. The quantitative estimate of drug-likeness (QED) is 0.192. The minimum Gasteiger partial charge on any atom is -0.504 e. The van der Waals surface area contributed by atoms with E-state index in [9.17, 15) is 19.8 Å². The molecule has 0 heterocycles. The maximum absolute atomic E-state index is 10.3. The molecule has 0 saturated carbocycles. The summed E-state index contributed by atoms with van der Waals surface area (Å²) < 4.78 is 0. The van der Waals surface area contributed by atoms with Crippen molar-refractivity contribution in [2.75, 3.05) is 6.54 Å².